The van der Waals surface area contributed by atoms with Crippen LogP contribution in [0.2, 0.25) is 0 Å². The van der Waals surface area contributed by atoms with Crippen LogP contribution in [-0.2, 0) is 0 Å². The summed E-state index contributed by atoms with van der Waals surface area (Å²) in [5, 5.41) is 3.84. The molecule has 3 nitrogen and oxygen atoms in total. The Bertz CT molecular complexity index is 797. The van der Waals surface area contributed by atoms with Crippen molar-refractivity contribution in [2.75, 3.05) is 6.54 Å². The van der Waals surface area contributed by atoms with Crippen LogP contribution in [0.15, 0.2) is 60.7 Å². The third-order valence-electron chi connectivity index (χ3n) is 3.57. The van der Waals surface area contributed by atoms with Gasteiger partial charge >= 0.3 is 0 Å². The standard InChI is InChI=1S/C19H18N2O/c1-2-12-20-19(22)16-13-18(14-8-4-3-5-9-14)21-17-11-7-6-10-15(16)17/h3-11,13H,2,12H2,1H3,(H,20,22). The molecular formula is C19H18N2O. The molecule has 110 valence electrons. The Labute approximate surface area is 130 Å². The monoisotopic (exact) mass is 290 g/mol. The number of aromatic nitrogens is 1. The predicted octanol–water partition coefficient (Wildman–Crippen LogP) is 4.04. The zero-order valence-corrected chi connectivity index (χ0v) is 12.5. The van der Waals surface area contributed by atoms with Crippen LogP contribution < -0.4 is 5.32 Å². The molecule has 0 saturated heterocycles. The number of hydrogen-bond acceptors (Lipinski definition) is 2. The molecule has 0 aliphatic rings. The molecule has 0 atom stereocenters. The van der Waals surface area contributed by atoms with Crippen molar-refractivity contribution in [2.24, 2.45) is 0 Å². The van der Waals surface area contributed by atoms with Gasteiger partial charge in [0.25, 0.3) is 5.91 Å². The minimum Gasteiger partial charge on any atom is -0.352 e. The summed E-state index contributed by atoms with van der Waals surface area (Å²) in [5.41, 5.74) is 3.35. The highest BCUT2D eigenvalue weighted by Crippen LogP contribution is 2.24. The predicted molar refractivity (Wildman–Crippen MR) is 89.8 cm³/mol. The first-order chi connectivity index (χ1) is 10.8. The first-order valence-corrected chi connectivity index (χ1v) is 7.53. The molecular weight excluding hydrogens is 272 g/mol. The van der Waals surface area contributed by atoms with E-state index in [1.807, 2.05) is 67.6 Å². The lowest BCUT2D eigenvalue weighted by molar-refractivity contribution is 0.0955. The van der Waals surface area contributed by atoms with E-state index in [4.69, 9.17) is 0 Å². The summed E-state index contributed by atoms with van der Waals surface area (Å²) in [7, 11) is 0. The van der Waals surface area contributed by atoms with Gasteiger partial charge in [-0.3, -0.25) is 4.79 Å². The molecule has 22 heavy (non-hydrogen) atoms. The highest BCUT2D eigenvalue weighted by atomic mass is 16.1. The van der Waals surface area contributed by atoms with Crippen molar-refractivity contribution in [1.82, 2.24) is 10.3 Å². The van der Waals surface area contributed by atoms with Crippen molar-refractivity contribution in [1.29, 1.82) is 0 Å². The van der Waals surface area contributed by atoms with Gasteiger partial charge in [0.2, 0.25) is 0 Å². The van der Waals surface area contributed by atoms with E-state index in [2.05, 4.69) is 10.3 Å². The van der Waals surface area contributed by atoms with Gasteiger partial charge in [0.1, 0.15) is 0 Å². The van der Waals surface area contributed by atoms with E-state index in [1.165, 1.54) is 0 Å². The molecule has 0 fully saturated rings. The lowest BCUT2D eigenvalue weighted by atomic mass is 10.0. The molecule has 0 aliphatic carbocycles. The number of fused-ring (bicyclic) bond motifs is 1. The second-order valence-electron chi connectivity index (χ2n) is 5.19. The maximum Gasteiger partial charge on any atom is 0.252 e. The number of carbonyl (C=O) groups is 1. The van der Waals surface area contributed by atoms with Crippen molar-refractivity contribution in [3.05, 3.63) is 66.2 Å². The van der Waals surface area contributed by atoms with Crippen LogP contribution in [0.4, 0.5) is 0 Å². The molecule has 0 bridgehead atoms. The van der Waals surface area contributed by atoms with Gasteiger partial charge in [-0.05, 0) is 18.6 Å². The molecule has 0 spiro atoms. The second kappa shape index (κ2) is 6.39. The van der Waals surface area contributed by atoms with Crippen LogP contribution in [0.5, 0.6) is 0 Å². The summed E-state index contributed by atoms with van der Waals surface area (Å²) >= 11 is 0. The first-order valence-electron chi connectivity index (χ1n) is 7.53. The molecule has 3 aromatic rings. The van der Waals surface area contributed by atoms with Crippen LogP contribution >= 0.6 is 0 Å². The topological polar surface area (TPSA) is 42.0 Å². The summed E-state index contributed by atoms with van der Waals surface area (Å²) in [5.74, 6) is -0.0439. The zero-order chi connectivity index (χ0) is 15.4. The Kier molecular flexibility index (Phi) is 4.15. The number of hydrogen-bond donors (Lipinski definition) is 1. The Hall–Kier alpha value is -2.68. The number of carbonyl (C=O) groups excluding carboxylic acids is 1. The largest absolute Gasteiger partial charge is 0.352 e. The minimum atomic E-state index is -0.0439. The molecule has 1 aromatic heterocycles. The van der Waals surface area contributed by atoms with Crippen molar-refractivity contribution in [3.63, 3.8) is 0 Å². The summed E-state index contributed by atoms with van der Waals surface area (Å²) in [6, 6.07) is 19.6. The third-order valence-corrected chi connectivity index (χ3v) is 3.57. The zero-order valence-electron chi connectivity index (χ0n) is 12.5. The molecule has 0 unspecified atom stereocenters. The second-order valence-corrected chi connectivity index (χ2v) is 5.19. The maximum atomic E-state index is 12.5. The molecule has 1 heterocycles. The highest BCUT2D eigenvalue weighted by Gasteiger charge is 2.13. The van der Waals surface area contributed by atoms with Crippen LogP contribution in [0.25, 0.3) is 22.2 Å². The number of rotatable bonds is 4. The van der Waals surface area contributed by atoms with Crippen LogP contribution in [0.1, 0.15) is 23.7 Å². The van der Waals surface area contributed by atoms with Gasteiger partial charge in [-0.1, -0.05) is 55.5 Å². The minimum absolute atomic E-state index is 0.0439. The Morgan fingerprint density at radius 2 is 1.77 bits per heavy atom. The van der Waals surface area contributed by atoms with Gasteiger partial charge in [-0.2, -0.15) is 0 Å². The third kappa shape index (κ3) is 2.84. The Morgan fingerprint density at radius 1 is 1.05 bits per heavy atom. The highest BCUT2D eigenvalue weighted by molar-refractivity contribution is 6.07. The first kappa shape index (κ1) is 14.3. The van der Waals surface area contributed by atoms with Crippen LogP contribution in [-0.4, -0.2) is 17.4 Å². The van der Waals surface area contributed by atoms with E-state index in [9.17, 15) is 4.79 Å². The SMILES string of the molecule is CCCNC(=O)c1cc(-c2ccccc2)nc2ccccc12. The Balaban J connectivity index is 2.14. The van der Waals surface area contributed by atoms with Crippen molar-refractivity contribution < 1.29 is 4.79 Å². The molecule has 1 amide bonds. The van der Waals surface area contributed by atoms with E-state index in [0.29, 0.717) is 12.1 Å². The van der Waals surface area contributed by atoms with Gasteiger partial charge < -0.3 is 5.32 Å². The summed E-state index contributed by atoms with van der Waals surface area (Å²) < 4.78 is 0. The maximum absolute atomic E-state index is 12.5. The van der Waals surface area contributed by atoms with Crippen LogP contribution in [0, 0.1) is 0 Å². The van der Waals surface area contributed by atoms with Gasteiger partial charge in [0.05, 0.1) is 16.8 Å². The molecule has 0 radical (unpaired) electrons. The fourth-order valence-electron chi connectivity index (χ4n) is 2.45. The molecule has 0 saturated carbocycles. The molecule has 0 aliphatic heterocycles. The average Bonchev–Trinajstić information content (AvgIpc) is 2.59. The summed E-state index contributed by atoms with van der Waals surface area (Å²) in [6.07, 6.45) is 0.917. The molecule has 1 N–H and O–H groups in total. The fraction of sp³-hybridized carbons (Fsp3) is 0.158. The average molecular weight is 290 g/mol. The van der Waals surface area contributed by atoms with Crippen molar-refractivity contribution >= 4 is 16.8 Å². The van der Waals surface area contributed by atoms with Gasteiger partial charge in [0.15, 0.2) is 0 Å². The smallest absolute Gasteiger partial charge is 0.252 e. The molecule has 3 heteroatoms. The number of nitrogens with zero attached hydrogens (tertiary/aromatic N) is 1. The van der Waals surface area contributed by atoms with Gasteiger partial charge in [0, 0.05) is 17.5 Å². The normalized spacial score (nSPS) is 10.6. The van der Waals surface area contributed by atoms with E-state index >= 15 is 0 Å². The van der Waals surface area contributed by atoms with Crippen LogP contribution in [0.3, 0.4) is 0 Å². The van der Waals surface area contributed by atoms with E-state index in [1.54, 1.807) is 0 Å². The number of nitrogens with one attached hydrogen (secondary N) is 1. The lowest BCUT2D eigenvalue weighted by Gasteiger charge is -2.10. The van der Waals surface area contributed by atoms with E-state index in [-0.39, 0.29) is 5.91 Å². The molecule has 3 rings (SSSR count). The number of para-hydroxylation sites is 1. The fourth-order valence-corrected chi connectivity index (χ4v) is 2.45. The number of amides is 1. The van der Waals surface area contributed by atoms with Gasteiger partial charge in [-0.25, -0.2) is 4.98 Å². The number of benzene rings is 2. The van der Waals surface area contributed by atoms with Gasteiger partial charge in [-0.15, -0.1) is 0 Å². The summed E-state index contributed by atoms with van der Waals surface area (Å²) in [4.78, 5) is 17.2. The van der Waals surface area contributed by atoms with E-state index in [0.717, 1.165) is 28.6 Å². The Morgan fingerprint density at radius 3 is 2.55 bits per heavy atom. The quantitative estimate of drug-likeness (QED) is 0.788. The van der Waals surface area contributed by atoms with Crippen molar-refractivity contribution in [3.8, 4) is 11.3 Å². The number of pyridine rings is 1. The van der Waals surface area contributed by atoms with E-state index < -0.39 is 0 Å². The summed E-state index contributed by atoms with van der Waals surface area (Å²) in [6.45, 7) is 2.72. The molecule has 2 aromatic carbocycles. The van der Waals surface area contributed by atoms with Crippen molar-refractivity contribution in [2.45, 2.75) is 13.3 Å². The lowest BCUT2D eigenvalue weighted by Crippen LogP contribution is -2.24.